The van der Waals surface area contributed by atoms with E-state index in [4.69, 9.17) is 0 Å². The summed E-state index contributed by atoms with van der Waals surface area (Å²) >= 11 is 0. The van der Waals surface area contributed by atoms with Gasteiger partial charge < -0.3 is 20.6 Å². The molecule has 2 atom stereocenters. The van der Waals surface area contributed by atoms with E-state index in [9.17, 15) is 9.90 Å². The van der Waals surface area contributed by atoms with Crippen LogP contribution >= 0.6 is 0 Å². The number of rotatable bonds is 7. The van der Waals surface area contributed by atoms with E-state index >= 15 is 0 Å². The zero-order valence-electron chi connectivity index (χ0n) is 11.8. The van der Waals surface area contributed by atoms with Crippen molar-refractivity contribution in [1.82, 2.24) is 15.5 Å². The highest BCUT2D eigenvalue weighted by atomic mass is 16.4. The van der Waals surface area contributed by atoms with Crippen molar-refractivity contribution in [3.05, 3.63) is 0 Å². The molecule has 0 bridgehead atoms. The Bertz CT molecular complexity index is 269. The van der Waals surface area contributed by atoms with Crippen LogP contribution in [-0.2, 0) is 4.79 Å². The quantitative estimate of drug-likeness (QED) is 0.615. The van der Waals surface area contributed by atoms with E-state index in [1.54, 1.807) is 0 Å². The predicted molar refractivity (Wildman–Crippen MR) is 72.8 cm³/mol. The maximum absolute atomic E-state index is 11.6. The lowest BCUT2D eigenvalue weighted by Gasteiger charge is -2.40. The van der Waals surface area contributed by atoms with E-state index < -0.39 is 11.5 Å². The summed E-state index contributed by atoms with van der Waals surface area (Å²) in [6.07, 6.45) is 0.655. The van der Waals surface area contributed by atoms with Crippen LogP contribution in [0.15, 0.2) is 0 Å². The number of hydrogen-bond donors (Lipinski definition) is 3. The maximum Gasteiger partial charge on any atom is 0.324 e. The van der Waals surface area contributed by atoms with Crippen molar-refractivity contribution in [1.29, 1.82) is 0 Å². The van der Waals surface area contributed by atoms with Gasteiger partial charge in [0, 0.05) is 19.6 Å². The highest BCUT2D eigenvalue weighted by Crippen LogP contribution is 2.24. The van der Waals surface area contributed by atoms with Crippen molar-refractivity contribution >= 4 is 5.97 Å². The molecule has 0 aromatic rings. The Balaban J connectivity index is 2.55. The monoisotopic (exact) mass is 257 g/mol. The molecule has 106 valence electrons. The molecule has 0 aromatic heterocycles. The predicted octanol–water partition coefficient (Wildman–Crippen LogP) is 0.371. The van der Waals surface area contributed by atoms with Gasteiger partial charge in [0.15, 0.2) is 0 Å². The summed E-state index contributed by atoms with van der Waals surface area (Å²) in [4.78, 5) is 13.9. The summed E-state index contributed by atoms with van der Waals surface area (Å²) in [5, 5.41) is 16.1. The molecular formula is C13H27N3O2. The zero-order valence-corrected chi connectivity index (χ0v) is 11.8. The van der Waals surface area contributed by atoms with Crippen molar-refractivity contribution in [2.24, 2.45) is 5.92 Å². The van der Waals surface area contributed by atoms with Crippen LogP contribution in [0.3, 0.4) is 0 Å². The van der Waals surface area contributed by atoms with Crippen molar-refractivity contribution in [2.45, 2.75) is 32.7 Å². The lowest BCUT2D eigenvalue weighted by molar-refractivity contribution is -0.148. The van der Waals surface area contributed by atoms with E-state index in [2.05, 4.69) is 29.4 Å². The van der Waals surface area contributed by atoms with Crippen molar-refractivity contribution in [3.63, 3.8) is 0 Å². The Hall–Kier alpha value is -0.650. The highest BCUT2D eigenvalue weighted by Gasteiger charge is 2.44. The number of aliphatic carboxylic acids is 1. The number of nitrogens with zero attached hydrogens (tertiary/aromatic N) is 1. The average Bonchev–Trinajstić information content (AvgIpc) is 2.36. The zero-order chi connectivity index (χ0) is 13.6. The van der Waals surface area contributed by atoms with Gasteiger partial charge in [-0.3, -0.25) is 4.79 Å². The van der Waals surface area contributed by atoms with Crippen LogP contribution in [0, 0.1) is 5.92 Å². The molecule has 0 spiro atoms. The summed E-state index contributed by atoms with van der Waals surface area (Å²) in [6, 6.07) is 0. The van der Waals surface area contributed by atoms with E-state index in [1.165, 1.54) is 0 Å². The largest absolute Gasteiger partial charge is 0.480 e. The van der Waals surface area contributed by atoms with Crippen LogP contribution in [0.25, 0.3) is 0 Å². The van der Waals surface area contributed by atoms with E-state index in [1.807, 2.05) is 6.92 Å². The number of hydrogen-bond acceptors (Lipinski definition) is 4. The SMILES string of the molecule is CCN(CC)CCNC1(C(=O)O)CCNCC1C. The molecule has 0 saturated carbocycles. The fourth-order valence-corrected chi connectivity index (χ4v) is 2.66. The lowest BCUT2D eigenvalue weighted by atomic mass is 9.79. The van der Waals surface area contributed by atoms with Crippen LogP contribution in [0.4, 0.5) is 0 Å². The Morgan fingerprint density at radius 2 is 2.17 bits per heavy atom. The van der Waals surface area contributed by atoms with E-state index in [0.29, 0.717) is 6.42 Å². The average molecular weight is 257 g/mol. The molecule has 1 saturated heterocycles. The van der Waals surface area contributed by atoms with Crippen LogP contribution in [0.1, 0.15) is 27.2 Å². The maximum atomic E-state index is 11.6. The highest BCUT2D eigenvalue weighted by molar-refractivity contribution is 5.79. The van der Waals surface area contributed by atoms with Crippen LogP contribution in [-0.4, -0.2) is 60.8 Å². The minimum Gasteiger partial charge on any atom is -0.480 e. The van der Waals surface area contributed by atoms with Crippen LogP contribution in [0.5, 0.6) is 0 Å². The summed E-state index contributed by atoms with van der Waals surface area (Å²) in [5.74, 6) is -0.600. The second-order valence-electron chi connectivity index (χ2n) is 5.09. The molecular weight excluding hydrogens is 230 g/mol. The number of carbonyl (C=O) groups is 1. The molecule has 18 heavy (non-hydrogen) atoms. The van der Waals surface area contributed by atoms with Gasteiger partial charge >= 0.3 is 5.97 Å². The third-order valence-corrected chi connectivity index (χ3v) is 4.13. The third-order valence-electron chi connectivity index (χ3n) is 4.13. The number of piperidine rings is 1. The second kappa shape index (κ2) is 7.07. The molecule has 1 heterocycles. The first-order valence-electron chi connectivity index (χ1n) is 6.98. The minimum atomic E-state index is -0.752. The molecule has 5 nitrogen and oxygen atoms in total. The number of carboxylic acids is 1. The van der Waals surface area contributed by atoms with Gasteiger partial charge in [-0.1, -0.05) is 20.8 Å². The summed E-state index contributed by atoms with van der Waals surface area (Å²) in [5.41, 5.74) is -0.752. The van der Waals surface area contributed by atoms with E-state index in [0.717, 1.165) is 39.3 Å². The molecule has 2 unspecified atom stereocenters. The normalized spacial score (nSPS) is 28.6. The molecule has 0 radical (unpaired) electrons. The molecule has 0 aliphatic carbocycles. The van der Waals surface area contributed by atoms with Crippen molar-refractivity contribution < 1.29 is 9.90 Å². The molecule has 0 aromatic carbocycles. The van der Waals surface area contributed by atoms with Gasteiger partial charge in [-0.25, -0.2) is 0 Å². The van der Waals surface area contributed by atoms with Crippen LogP contribution < -0.4 is 10.6 Å². The smallest absolute Gasteiger partial charge is 0.324 e. The first kappa shape index (κ1) is 15.4. The summed E-state index contributed by atoms with van der Waals surface area (Å²) in [6.45, 7) is 11.5. The third kappa shape index (κ3) is 3.43. The van der Waals surface area contributed by atoms with Crippen molar-refractivity contribution in [2.75, 3.05) is 39.3 Å². The minimum absolute atomic E-state index is 0.112. The fourth-order valence-electron chi connectivity index (χ4n) is 2.66. The molecule has 1 fully saturated rings. The van der Waals surface area contributed by atoms with Gasteiger partial charge in [0.25, 0.3) is 0 Å². The van der Waals surface area contributed by atoms with Gasteiger partial charge in [0.2, 0.25) is 0 Å². The Morgan fingerprint density at radius 1 is 1.50 bits per heavy atom. The number of nitrogens with one attached hydrogen (secondary N) is 2. The topological polar surface area (TPSA) is 64.6 Å². The van der Waals surface area contributed by atoms with Gasteiger partial charge in [-0.05, 0) is 32.0 Å². The Labute approximate surface area is 110 Å². The van der Waals surface area contributed by atoms with Crippen molar-refractivity contribution in [3.8, 4) is 0 Å². The first-order valence-corrected chi connectivity index (χ1v) is 6.98. The van der Waals surface area contributed by atoms with Gasteiger partial charge in [-0.15, -0.1) is 0 Å². The number of carboxylic acid groups (broad SMARTS) is 1. The van der Waals surface area contributed by atoms with Gasteiger partial charge in [0.05, 0.1) is 0 Å². The lowest BCUT2D eigenvalue weighted by Crippen LogP contribution is -2.63. The summed E-state index contributed by atoms with van der Waals surface area (Å²) in [7, 11) is 0. The van der Waals surface area contributed by atoms with E-state index in [-0.39, 0.29) is 5.92 Å². The van der Waals surface area contributed by atoms with Gasteiger partial charge in [-0.2, -0.15) is 0 Å². The molecule has 5 heteroatoms. The Kier molecular flexibility index (Phi) is 6.05. The second-order valence-corrected chi connectivity index (χ2v) is 5.09. The fraction of sp³-hybridized carbons (Fsp3) is 0.923. The number of likely N-dealkylation sites (N-methyl/N-ethyl adjacent to an activating group) is 1. The molecule has 3 N–H and O–H groups in total. The standard InChI is InChI=1S/C13H27N3O2/c1-4-16(5-2)9-8-15-13(12(17)18)6-7-14-10-11(13)3/h11,14-15H,4-10H2,1-3H3,(H,17,18). The molecule has 1 rings (SSSR count). The first-order chi connectivity index (χ1) is 8.56. The molecule has 0 amide bonds. The Morgan fingerprint density at radius 3 is 2.67 bits per heavy atom. The van der Waals surface area contributed by atoms with Crippen LogP contribution in [0.2, 0.25) is 0 Å². The summed E-state index contributed by atoms with van der Waals surface area (Å²) < 4.78 is 0. The van der Waals surface area contributed by atoms with Gasteiger partial charge in [0.1, 0.15) is 5.54 Å². The molecule has 1 aliphatic rings. The molecule has 1 aliphatic heterocycles.